The highest BCUT2D eigenvalue weighted by molar-refractivity contribution is 6.07. The molecule has 2 amide bonds. The second-order valence-corrected chi connectivity index (χ2v) is 6.92. The number of hydrogen-bond donors (Lipinski definition) is 1. The first-order chi connectivity index (χ1) is 14.0. The Bertz CT molecular complexity index is 1030. The van der Waals surface area contributed by atoms with Crippen LogP contribution in [-0.4, -0.2) is 44.7 Å². The third-order valence-corrected chi connectivity index (χ3v) is 4.90. The number of benzene rings is 1. The summed E-state index contributed by atoms with van der Waals surface area (Å²) in [5.41, 5.74) is 1.28. The first kappa shape index (κ1) is 18.9. The Kier molecular flexibility index (Phi) is 5.11. The Balaban J connectivity index is 1.52. The van der Waals surface area contributed by atoms with E-state index < -0.39 is 5.91 Å². The van der Waals surface area contributed by atoms with E-state index in [1.54, 1.807) is 11.9 Å². The van der Waals surface area contributed by atoms with Crippen LogP contribution in [0.2, 0.25) is 0 Å². The monoisotopic (exact) mass is 397 g/mol. The molecule has 29 heavy (non-hydrogen) atoms. The fourth-order valence-electron chi connectivity index (χ4n) is 3.35. The van der Waals surface area contributed by atoms with E-state index in [1.165, 1.54) is 41.2 Å². The normalized spacial score (nSPS) is 14.1. The minimum absolute atomic E-state index is 0.0459. The first-order valence-electron chi connectivity index (χ1n) is 9.38. The summed E-state index contributed by atoms with van der Waals surface area (Å²) in [6, 6.07) is 7.13. The number of nitrogens with zero attached hydrogens (tertiary/aromatic N) is 4. The Hall–Kier alpha value is -3.49. The van der Waals surface area contributed by atoms with Gasteiger partial charge in [-0.2, -0.15) is 5.10 Å². The zero-order valence-corrected chi connectivity index (χ0v) is 15.9. The third kappa shape index (κ3) is 3.89. The molecular formula is C20H20FN5O3. The number of carbonyl (C=O) groups excluding carboxylic acids is 2. The number of halogens is 1. The summed E-state index contributed by atoms with van der Waals surface area (Å²) in [5.74, 6) is -0.713. The zero-order chi connectivity index (χ0) is 20.4. The van der Waals surface area contributed by atoms with Crippen LogP contribution < -0.4 is 5.32 Å². The van der Waals surface area contributed by atoms with Crippen LogP contribution in [0.15, 0.2) is 41.1 Å². The minimum Gasteiger partial charge on any atom is -0.355 e. The summed E-state index contributed by atoms with van der Waals surface area (Å²) in [5, 5.41) is 10.6. The van der Waals surface area contributed by atoms with Gasteiger partial charge in [0.2, 0.25) is 0 Å². The van der Waals surface area contributed by atoms with Gasteiger partial charge in [0.25, 0.3) is 11.8 Å². The smallest absolute Gasteiger partial charge is 0.277 e. The molecule has 0 aliphatic carbocycles. The maximum atomic E-state index is 13.1. The van der Waals surface area contributed by atoms with E-state index in [1.807, 2.05) is 0 Å². The van der Waals surface area contributed by atoms with Gasteiger partial charge in [0.15, 0.2) is 11.5 Å². The lowest BCUT2D eigenvalue weighted by Gasteiger charge is -2.26. The molecule has 1 aromatic carbocycles. The number of likely N-dealkylation sites (tertiary alicyclic amines) is 1. The third-order valence-electron chi connectivity index (χ3n) is 4.90. The lowest BCUT2D eigenvalue weighted by molar-refractivity contribution is 0.0714. The molecule has 4 rings (SSSR count). The molecule has 0 bridgehead atoms. The molecule has 2 aromatic heterocycles. The molecule has 1 fully saturated rings. The van der Waals surface area contributed by atoms with E-state index in [2.05, 4.69) is 15.6 Å². The van der Waals surface area contributed by atoms with Crippen LogP contribution >= 0.6 is 0 Å². The molecule has 3 aromatic rings. The molecule has 1 aliphatic heterocycles. The quantitative estimate of drug-likeness (QED) is 0.730. The Morgan fingerprint density at radius 2 is 1.86 bits per heavy atom. The van der Waals surface area contributed by atoms with Crippen molar-refractivity contribution in [1.29, 1.82) is 0 Å². The second-order valence-electron chi connectivity index (χ2n) is 6.92. The van der Waals surface area contributed by atoms with Crippen LogP contribution in [-0.2, 0) is 7.05 Å². The van der Waals surface area contributed by atoms with Crippen molar-refractivity contribution < 1.29 is 18.5 Å². The Morgan fingerprint density at radius 1 is 1.14 bits per heavy atom. The average molecular weight is 397 g/mol. The maximum absolute atomic E-state index is 13.1. The molecule has 0 radical (unpaired) electrons. The minimum atomic E-state index is -0.525. The number of rotatable bonds is 4. The van der Waals surface area contributed by atoms with Crippen molar-refractivity contribution in [3.05, 3.63) is 53.7 Å². The van der Waals surface area contributed by atoms with Gasteiger partial charge in [-0.25, -0.2) is 4.39 Å². The topological polar surface area (TPSA) is 93.3 Å². The van der Waals surface area contributed by atoms with Crippen molar-refractivity contribution in [2.45, 2.75) is 19.3 Å². The van der Waals surface area contributed by atoms with E-state index in [-0.39, 0.29) is 17.4 Å². The van der Waals surface area contributed by atoms with Crippen molar-refractivity contribution in [3.8, 4) is 11.3 Å². The van der Waals surface area contributed by atoms with Gasteiger partial charge in [-0.1, -0.05) is 5.16 Å². The van der Waals surface area contributed by atoms with Crippen molar-refractivity contribution >= 4 is 17.5 Å². The Morgan fingerprint density at radius 3 is 2.59 bits per heavy atom. The van der Waals surface area contributed by atoms with Crippen molar-refractivity contribution in [2.24, 2.45) is 7.05 Å². The highest BCUT2D eigenvalue weighted by Gasteiger charge is 2.26. The van der Waals surface area contributed by atoms with Crippen molar-refractivity contribution in [3.63, 3.8) is 0 Å². The fourth-order valence-corrected chi connectivity index (χ4v) is 3.35. The molecule has 8 nitrogen and oxygen atoms in total. The van der Waals surface area contributed by atoms with Gasteiger partial charge in [-0.05, 0) is 43.5 Å². The summed E-state index contributed by atoms with van der Waals surface area (Å²) in [6.45, 7) is 1.39. The van der Waals surface area contributed by atoms with Gasteiger partial charge < -0.3 is 14.7 Å². The standard InChI is InChI=1S/C20H20FN5O3/c1-25-18(20(28)26-9-3-2-4-10-26)16(12-22-25)23-19(27)15-11-17(29-24-15)13-5-7-14(21)8-6-13/h5-8,11-12H,2-4,9-10H2,1H3,(H,23,27). The van der Waals surface area contributed by atoms with E-state index in [0.717, 1.165) is 19.3 Å². The predicted molar refractivity (Wildman–Crippen MR) is 103 cm³/mol. The van der Waals surface area contributed by atoms with Gasteiger partial charge in [0.05, 0.1) is 11.9 Å². The summed E-state index contributed by atoms with van der Waals surface area (Å²) >= 11 is 0. The van der Waals surface area contributed by atoms with Crippen LogP contribution in [0.3, 0.4) is 0 Å². The fraction of sp³-hybridized carbons (Fsp3) is 0.300. The molecule has 1 aliphatic rings. The van der Waals surface area contributed by atoms with E-state index in [9.17, 15) is 14.0 Å². The molecule has 9 heteroatoms. The maximum Gasteiger partial charge on any atom is 0.277 e. The van der Waals surface area contributed by atoms with Crippen LogP contribution in [0.25, 0.3) is 11.3 Å². The van der Waals surface area contributed by atoms with Gasteiger partial charge in [0.1, 0.15) is 11.5 Å². The number of aryl methyl sites for hydroxylation is 1. The number of amides is 2. The SMILES string of the molecule is Cn1ncc(NC(=O)c2cc(-c3ccc(F)cc3)on2)c1C(=O)N1CCCCC1. The number of nitrogens with one attached hydrogen (secondary N) is 1. The highest BCUT2D eigenvalue weighted by Crippen LogP contribution is 2.23. The molecule has 0 saturated carbocycles. The van der Waals surface area contributed by atoms with Gasteiger partial charge >= 0.3 is 0 Å². The molecule has 150 valence electrons. The molecule has 0 spiro atoms. The number of piperidine rings is 1. The van der Waals surface area contributed by atoms with E-state index >= 15 is 0 Å². The zero-order valence-electron chi connectivity index (χ0n) is 15.9. The number of anilines is 1. The first-order valence-corrected chi connectivity index (χ1v) is 9.38. The van der Waals surface area contributed by atoms with Crippen LogP contribution in [0.1, 0.15) is 40.2 Å². The second kappa shape index (κ2) is 7.86. The predicted octanol–water partition coefficient (Wildman–Crippen LogP) is 3.09. The van der Waals surface area contributed by atoms with Crippen LogP contribution in [0.4, 0.5) is 10.1 Å². The van der Waals surface area contributed by atoms with Gasteiger partial charge in [0, 0.05) is 31.8 Å². The lowest BCUT2D eigenvalue weighted by Crippen LogP contribution is -2.37. The molecule has 0 unspecified atom stereocenters. The molecular weight excluding hydrogens is 377 g/mol. The average Bonchev–Trinajstić information content (AvgIpc) is 3.36. The summed E-state index contributed by atoms with van der Waals surface area (Å²) in [6.07, 6.45) is 4.49. The van der Waals surface area contributed by atoms with Crippen LogP contribution in [0, 0.1) is 5.82 Å². The van der Waals surface area contributed by atoms with E-state index in [4.69, 9.17) is 4.52 Å². The van der Waals surface area contributed by atoms with Crippen molar-refractivity contribution in [2.75, 3.05) is 18.4 Å². The number of aromatic nitrogens is 3. The van der Waals surface area contributed by atoms with Crippen molar-refractivity contribution in [1.82, 2.24) is 19.8 Å². The largest absolute Gasteiger partial charge is 0.355 e. The summed E-state index contributed by atoms with van der Waals surface area (Å²) < 4.78 is 19.7. The number of hydrogen-bond acceptors (Lipinski definition) is 5. The number of carbonyl (C=O) groups is 2. The Labute approximate surface area is 166 Å². The van der Waals surface area contributed by atoms with Gasteiger partial charge in [-0.15, -0.1) is 0 Å². The lowest BCUT2D eigenvalue weighted by atomic mass is 10.1. The molecule has 3 heterocycles. The van der Waals surface area contributed by atoms with Crippen LogP contribution in [0.5, 0.6) is 0 Å². The van der Waals surface area contributed by atoms with E-state index in [0.29, 0.717) is 35.8 Å². The molecule has 0 atom stereocenters. The molecule has 1 saturated heterocycles. The highest BCUT2D eigenvalue weighted by atomic mass is 19.1. The van der Waals surface area contributed by atoms with Gasteiger partial charge in [-0.3, -0.25) is 14.3 Å². The molecule has 1 N–H and O–H groups in total. The summed E-state index contributed by atoms with van der Waals surface area (Å²) in [7, 11) is 1.66. The summed E-state index contributed by atoms with van der Waals surface area (Å²) in [4.78, 5) is 27.3.